The van der Waals surface area contributed by atoms with Crippen LogP contribution < -0.4 is 14.2 Å². The molecule has 0 atom stereocenters. The molecule has 3 rings (SSSR count). The number of hydrogen-bond donors (Lipinski definition) is 0. The Kier molecular flexibility index (Phi) is 5.26. The lowest BCUT2D eigenvalue weighted by atomic mass is 10.2. The second-order valence-electron chi connectivity index (χ2n) is 6.33. The molecule has 0 fully saturated rings. The molecule has 3 aromatic rings. The highest BCUT2D eigenvalue weighted by atomic mass is 16.5. The fourth-order valence-corrected chi connectivity index (χ4v) is 3.24. The third-order valence-electron chi connectivity index (χ3n) is 4.70. The Hall–Kier alpha value is -3.15. The number of aromatic nitrogens is 1. The zero-order chi connectivity index (χ0) is 19.6. The summed E-state index contributed by atoms with van der Waals surface area (Å²) in [4.78, 5) is 14.7. The summed E-state index contributed by atoms with van der Waals surface area (Å²) in [6.45, 7) is 0.456. The van der Waals surface area contributed by atoms with Gasteiger partial charge in [-0.1, -0.05) is 12.1 Å². The molecule has 0 aliphatic rings. The fourth-order valence-electron chi connectivity index (χ4n) is 3.24. The van der Waals surface area contributed by atoms with E-state index in [9.17, 15) is 4.79 Å². The smallest absolute Gasteiger partial charge is 0.270 e. The van der Waals surface area contributed by atoms with Gasteiger partial charge in [-0.25, -0.2) is 0 Å². The van der Waals surface area contributed by atoms with Gasteiger partial charge in [0, 0.05) is 26.0 Å². The fraction of sp³-hybridized carbons (Fsp3) is 0.286. The van der Waals surface area contributed by atoms with Crippen LogP contribution >= 0.6 is 0 Å². The molecule has 27 heavy (non-hydrogen) atoms. The number of amides is 1. The maximum Gasteiger partial charge on any atom is 0.270 e. The largest absolute Gasteiger partial charge is 0.496 e. The van der Waals surface area contributed by atoms with E-state index >= 15 is 0 Å². The lowest BCUT2D eigenvalue weighted by molar-refractivity contribution is 0.0776. The van der Waals surface area contributed by atoms with Crippen LogP contribution in [0.5, 0.6) is 17.2 Å². The molecule has 6 heteroatoms. The standard InChI is InChI=1S/C21H24N2O4/c1-22(13-14-9-10-19(26-4)20(11-14)27-5)21(24)17-12-15-16(23(17)2)7-6-8-18(15)25-3/h6-12H,13H2,1-5H3. The molecular formula is C21H24N2O4. The summed E-state index contributed by atoms with van der Waals surface area (Å²) < 4.78 is 17.9. The van der Waals surface area contributed by atoms with E-state index in [1.807, 2.05) is 54.1 Å². The zero-order valence-electron chi connectivity index (χ0n) is 16.3. The molecule has 1 heterocycles. The number of aryl methyl sites for hydroxylation is 1. The number of hydrogen-bond acceptors (Lipinski definition) is 4. The van der Waals surface area contributed by atoms with Crippen molar-refractivity contribution in [2.24, 2.45) is 7.05 Å². The molecule has 0 unspecified atom stereocenters. The van der Waals surface area contributed by atoms with Crippen LogP contribution in [0.3, 0.4) is 0 Å². The van der Waals surface area contributed by atoms with Crippen molar-refractivity contribution < 1.29 is 19.0 Å². The topological polar surface area (TPSA) is 52.9 Å². The number of rotatable bonds is 6. The lowest BCUT2D eigenvalue weighted by Crippen LogP contribution is -2.27. The van der Waals surface area contributed by atoms with E-state index in [0.29, 0.717) is 23.7 Å². The molecule has 0 saturated carbocycles. The Labute approximate surface area is 158 Å². The first kappa shape index (κ1) is 18.6. The van der Waals surface area contributed by atoms with Gasteiger partial charge in [-0.15, -0.1) is 0 Å². The van der Waals surface area contributed by atoms with Crippen molar-refractivity contribution in [3.8, 4) is 17.2 Å². The number of nitrogens with zero attached hydrogens (tertiary/aromatic N) is 2. The van der Waals surface area contributed by atoms with Crippen LogP contribution in [0.2, 0.25) is 0 Å². The van der Waals surface area contributed by atoms with E-state index in [4.69, 9.17) is 14.2 Å². The second-order valence-corrected chi connectivity index (χ2v) is 6.33. The normalized spacial score (nSPS) is 10.7. The maximum absolute atomic E-state index is 13.0. The van der Waals surface area contributed by atoms with E-state index in [-0.39, 0.29) is 5.91 Å². The Balaban J connectivity index is 1.88. The van der Waals surface area contributed by atoms with Crippen molar-refractivity contribution in [3.05, 3.63) is 53.7 Å². The van der Waals surface area contributed by atoms with E-state index in [0.717, 1.165) is 22.2 Å². The SMILES string of the molecule is COc1ccc(CN(C)C(=O)c2cc3c(OC)cccc3n2C)cc1OC. The van der Waals surface area contributed by atoms with Gasteiger partial charge in [0.05, 0.1) is 26.8 Å². The predicted molar refractivity (Wildman–Crippen MR) is 105 cm³/mol. The summed E-state index contributed by atoms with van der Waals surface area (Å²) >= 11 is 0. The number of methoxy groups -OCH3 is 3. The average molecular weight is 368 g/mol. The van der Waals surface area contributed by atoms with Crippen LogP contribution in [0.1, 0.15) is 16.1 Å². The lowest BCUT2D eigenvalue weighted by Gasteiger charge is -2.18. The van der Waals surface area contributed by atoms with Crippen molar-refractivity contribution in [3.63, 3.8) is 0 Å². The monoisotopic (exact) mass is 368 g/mol. The molecule has 142 valence electrons. The summed E-state index contributed by atoms with van der Waals surface area (Å²) in [5.41, 5.74) is 2.52. The van der Waals surface area contributed by atoms with Gasteiger partial charge >= 0.3 is 0 Å². The summed E-state index contributed by atoms with van der Waals surface area (Å²) in [6, 6.07) is 13.3. The summed E-state index contributed by atoms with van der Waals surface area (Å²) in [5, 5.41) is 0.922. The highest BCUT2D eigenvalue weighted by Gasteiger charge is 2.19. The molecule has 0 N–H and O–H groups in total. The quantitative estimate of drug-likeness (QED) is 0.668. The molecule has 0 aliphatic carbocycles. The van der Waals surface area contributed by atoms with Crippen molar-refractivity contribution in [2.75, 3.05) is 28.4 Å². The molecular weight excluding hydrogens is 344 g/mol. The van der Waals surface area contributed by atoms with Gasteiger partial charge in [0.1, 0.15) is 11.4 Å². The van der Waals surface area contributed by atoms with Crippen LogP contribution in [-0.4, -0.2) is 43.8 Å². The summed E-state index contributed by atoms with van der Waals surface area (Å²) in [6.07, 6.45) is 0. The van der Waals surface area contributed by atoms with Crippen LogP contribution in [0.15, 0.2) is 42.5 Å². The molecule has 0 radical (unpaired) electrons. The van der Waals surface area contributed by atoms with Gasteiger partial charge < -0.3 is 23.7 Å². The number of carbonyl (C=O) groups excluding carboxylic acids is 1. The van der Waals surface area contributed by atoms with Crippen molar-refractivity contribution in [2.45, 2.75) is 6.54 Å². The third-order valence-corrected chi connectivity index (χ3v) is 4.70. The number of carbonyl (C=O) groups is 1. The molecule has 0 bridgehead atoms. The Morgan fingerprint density at radius 1 is 0.963 bits per heavy atom. The molecule has 6 nitrogen and oxygen atoms in total. The molecule has 0 aliphatic heterocycles. The molecule has 2 aromatic carbocycles. The van der Waals surface area contributed by atoms with Gasteiger partial charge in [0.25, 0.3) is 5.91 Å². The summed E-state index contributed by atoms with van der Waals surface area (Å²) in [7, 11) is 8.50. The van der Waals surface area contributed by atoms with E-state index in [2.05, 4.69) is 0 Å². The Morgan fingerprint density at radius 2 is 1.67 bits per heavy atom. The van der Waals surface area contributed by atoms with Crippen molar-refractivity contribution >= 4 is 16.8 Å². The van der Waals surface area contributed by atoms with E-state index in [1.165, 1.54) is 0 Å². The minimum absolute atomic E-state index is 0.0643. The molecule has 1 amide bonds. The first-order chi connectivity index (χ1) is 13.0. The average Bonchev–Trinajstić information content (AvgIpc) is 3.03. The van der Waals surface area contributed by atoms with Crippen molar-refractivity contribution in [1.29, 1.82) is 0 Å². The number of fused-ring (bicyclic) bond motifs is 1. The van der Waals surface area contributed by atoms with Gasteiger partial charge in [-0.2, -0.15) is 0 Å². The minimum atomic E-state index is -0.0643. The Bertz CT molecular complexity index is 978. The van der Waals surface area contributed by atoms with Gasteiger partial charge in [-0.3, -0.25) is 4.79 Å². The highest BCUT2D eigenvalue weighted by Crippen LogP contribution is 2.30. The minimum Gasteiger partial charge on any atom is -0.496 e. The number of benzene rings is 2. The van der Waals surface area contributed by atoms with Crippen LogP contribution in [0.4, 0.5) is 0 Å². The van der Waals surface area contributed by atoms with Crippen LogP contribution in [-0.2, 0) is 13.6 Å². The first-order valence-electron chi connectivity index (χ1n) is 8.59. The molecule has 0 saturated heterocycles. The molecule has 0 spiro atoms. The van der Waals surface area contributed by atoms with E-state index < -0.39 is 0 Å². The van der Waals surface area contributed by atoms with Crippen LogP contribution in [0, 0.1) is 0 Å². The maximum atomic E-state index is 13.0. The predicted octanol–water partition coefficient (Wildman–Crippen LogP) is 3.48. The van der Waals surface area contributed by atoms with Crippen LogP contribution in [0.25, 0.3) is 10.9 Å². The second kappa shape index (κ2) is 7.61. The highest BCUT2D eigenvalue weighted by molar-refractivity contribution is 6.00. The summed E-state index contributed by atoms with van der Waals surface area (Å²) in [5.74, 6) is 2.00. The molecule has 1 aromatic heterocycles. The van der Waals surface area contributed by atoms with Gasteiger partial charge in [-0.05, 0) is 35.9 Å². The first-order valence-corrected chi connectivity index (χ1v) is 8.59. The zero-order valence-corrected chi connectivity index (χ0v) is 16.3. The van der Waals surface area contributed by atoms with Gasteiger partial charge in [0.2, 0.25) is 0 Å². The van der Waals surface area contributed by atoms with E-state index in [1.54, 1.807) is 33.3 Å². The third kappa shape index (κ3) is 3.43. The van der Waals surface area contributed by atoms with Crippen molar-refractivity contribution in [1.82, 2.24) is 9.47 Å². The number of ether oxygens (including phenoxy) is 3. The Morgan fingerprint density at radius 3 is 2.33 bits per heavy atom. The van der Waals surface area contributed by atoms with Gasteiger partial charge in [0.15, 0.2) is 11.5 Å².